The van der Waals surface area contributed by atoms with Crippen LogP contribution >= 0.6 is 12.2 Å². The minimum absolute atomic E-state index is 0.249. The van der Waals surface area contributed by atoms with Crippen molar-refractivity contribution in [2.45, 2.75) is 26.3 Å². The standard InChI is InChI=1S/C22H25N3O3S/c1-5-14-6-8-15(9-7-14)20-19(13(2)23-22(29)25-20)21(26)24-17-12-16(27-3)10-11-18(17)28-4/h6-12,20H,5H2,1-4H3,(H,24,26)(H2,23,25,29). The largest absolute Gasteiger partial charge is 0.497 e. The molecule has 0 fully saturated rings. The van der Waals surface area contributed by atoms with Crippen LogP contribution in [0.1, 0.15) is 31.0 Å². The van der Waals surface area contributed by atoms with Crippen molar-refractivity contribution < 1.29 is 14.3 Å². The Hall–Kier alpha value is -3.06. The zero-order valence-corrected chi connectivity index (χ0v) is 17.8. The van der Waals surface area contributed by atoms with Crippen LogP contribution in [0.5, 0.6) is 11.5 Å². The summed E-state index contributed by atoms with van der Waals surface area (Å²) in [5, 5.41) is 9.70. The predicted octanol–water partition coefficient (Wildman–Crippen LogP) is 3.70. The molecule has 0 bridgehead atoms. The Bertz CT molecular complexity index is 954. The third kappa shape index (κ3) is 4.51. The number of aryl methyl sites for hydroxylation is 1. The smallest absolute Gasteiger partial charge is 0.255 e. The van der Waals surface area contributed by atoms with Crippen LogP contribution in [0.4, 0.5) is 5.69 Å². The third-order valence-electron chi connectivity index (χ3n) is 4.89. The van der Waals surface area contributed by atoms with Gasteiger partial charge in [0.1, 0.15) is 11.5 Å². The first-order valence-corrected chi connectivity index (χ1v) is 9.78. The molecule has 7 heteroatoms. The van der Waals surface area contributed by atoms with Gasteiger partial charge in [-0.05, 0) is 48.8 Å². The number of carbonyl (C=O) groups excluding carboxylic acids is 1. The second-order valence-electron chi connectivity index (χ2n) is 6.69. The van der Waals surface area contributed by atoms with E-state index in [9.17, 15) is 4.79 Å². The summed E-state index contributed by atoms with van der Waals surface area (Å²) in [6.45, 7) is 3.95. The number of hydrogen-bond acceptors (Lipinski definition) is 4. The molecule has 0 aliphatic carbocycles. The zero-order chi connectivity index (χ0) is 21.0. The van der Waals surface area contributed by atoms with E-state index < -0.39 is 0 Å². The molecule has 3 N–H and O–H groups in total. The second kappa shape index (κ2) is 8.96. The fourth-order valence-corrected chi connectivity index (χ4v) is 3.56. The Labute approximate surface area is 176 Å². The highest BCUT2D eigenvalue weighted by molar-refractivity contribution is 7.80. The Balaban J connectivity index is 1.95. The van der Waals surface area contributed by atoms with E-state index in [2.05, 4.69) is 35.0 Å². The number of hydrogen-bond donors (Lipinski definition) is 3. The Kier molecular flexibility index (Phi) is 6.39. The lowest BCUT2D eigenvalue weighted by Gasteiger charge is -2.30. The molecule has 29 heavy (non-hydrogen) atoms. The third-order valence-corrected chi connectivity index (χ3v) is 5.11. The molecule has 2 aromatic carbocycles. The van der Waals surface area contributed by atoms with Gasteiger partial charge in [-0.25, -0.2) is 0 Å². The number of allylic oxidation sites excluding steroid dienone is 1. The summed E-state index contributed by atoms with van der Waals surface area (Å²) in [5.74, 6) is 0.925. The van der Waals surface area contributed by atoms with Gasteiger partial charge < -0.3 is 25.4 Å². The molecule has 0 saturated carbocycles. The van der Waals surface area contributed by atoms with E-state index in [0.29, 0.717) is 33.6 Å². The second-order valence-corrected chi connectivity index (χ2v) is 7.09. The summed E-state index contributed by atoms with van der Waals surface area (Å²) in [7, 11) is 3.13. The monoisotopic (exact) mass is 411 g/mol. The van der Waals surface area contributed by atoms with Crippen molar-refractivity contribution in [3.05, 3.63) is 64.9 Å². The normalized spacial score (nSPS) is 16.0. The maximum absolute atomic E-state index is 13.3. The van der Waals surface area contributed by atoms with Crippen LogP contribution in [0.2, 0.25) is 0 Å². The van der Waals surface area contributed by atoms with E-state index in [1.54, 1.807) is 32.4 Å². The quantitative estimate of drug-likeness (QED) is 0.630. The van der Waals surface area contributed by atoms with Crippen molar-refractivity contribution in [2.24, 2.45) is 0 Å². The van der Waals surface area contributed by atoms with Crippen molar-refractivity contribution in [3.8, 4) is 11.5 Å². The van der Waals surface area contributed by atoms with Crippen LogP contribution in [0.15, 0.2) is 53.7 Å². The lowest BCUT2D eigenvalue weighted by Crippen LogP contribution is -2.45. The highest BCUT2D eigenvalue weighted by Gasteiger charge is 2.30. The lowest BCUT2D eigenvalue weighted by molar-refractivity contribution is -0.113. The van der Waals surface area contributed by atoms with Crippen molar-refractivity contribution in [1.29, 1.82) is 0 Å². The van der Waals surface area contributed by atoms with E-state index >= 15 is 0 Å². The molecule has 0 saturated heterocycles. The molecule has 1 amide bonds. The molecular formula is C22H25N3O3S. The van der Waals surface area contributed by atoms with Gasteiger partial charge in [0, 0.05) is 11.8 Å². The van der Waals surface area contributed by atoms with Gasteiger partial charge in [0.25, 0.3) is 5.91 Å². The van der Waals surface area contributed by atoms with Crippen molar-refractivity contribution in [1.82, 2.24) is 10.6 Å². The number of rotatable bonds is 6. The van der Waals surface area contributed by atoms with Crippen molar-refractivity contribution in [2.75, 3.05) is 19.5 Å². The number of amides is 1. The van der Waals surface area contributed by atoms with Gasteiger partial charge in [0.2, 0.25) is 0 Å². The highest BCUT2D eigenvalue weighted by atomic mass is 32.1. The minimum Gasteiger partial charge on any atom is -0.497 e. The number of carbonyl (C=O) groups is 1. The van der Waals surface area contributed by atoms with Crippen LogP contribution in [0.3, 0.4) is 0 Å². The Morgan fingerprint density at radius 2 is 1.86 bits per heavy atom. The molecule has 1 aliphatic rings. The number of methoxy groups -OCH3 is 2. The van der Waals surface area contributed by atoms with E-state index in [1.807, 2.05) is 19.1 Å². The van der Waals surface area contributed by atoms with Crippen LogP contribution in [-0.2, 0) is 11.2 Å². The summed E-state index contributed by atoms with van der Waals surface area (Å²) in [6.07, 6.45) is 0.955. The van der Waals surface area contributed by atoms with Crippen molar-refractivity contribution >= 4 is 28.9 Å². The fourth-order valence-electron chi connectivity index (χ4n) is 3.29. The van der Waals surface area contributed by atoms with Gasteiger partial charge in [0.15, 0.2) is 5.11 Å². The SMILES string of the molecule is CCc1ccc(C2NC(=S)NC(C)=C2C(=O)Nc2cc(OC)ccc2OC)cc1. The van der Waals surface area contributed by atoms with E-state index in [4.69, 9.17) is 21.7 Å². The molecule has 1 heterocycles. The molecule has 6 nitrogen and oxygen atoms in total. The van der Waals surface area contributed by atoms with Crippen LogP contribution < -0.4 is 25.4 Å². The summed E-state index contributed by atoms with van der Waals surface area (Å²) in [6, 6.07) is 13.1. The minimum atomic E-state index is -0.355. The van der Waals surface area contributed by atoms with Gasteiger partial charge in [0.05, 0.1) is 31.5 Å². The molecule has 2 aromatic rings. The van der Waals surface area contributed by atoms with Gasteiger partial charge in [-0.3, -0.25) is 4.79 Å². The van der Waals surface area contributed by atoms with Gasteiger partial charge in [-0.15, -0.1) is 0 Å². The van der Waals surface area contributed by atoms with Crippen LogP contribution in [0.25, 0.3) is 0 Å². The predicted molar refractivity (Wildman–Crippen MR) is 118 cm³/mol. The molecule has 1 atom stereocenters. The topological polar surface area (TPSA) is 71.6 Å². The molecule has 0 aromatic heterocycles. The van der Waals surface area contributed by atoms with E-state index in [-0.39, 0.29) is 11.9 Å². The molecule has 0 radical (unpaired) electrons. The molecule has 1 unspecified atom stereocenters. The maximum Gasteiger partial charge on any atom is 0.255 e. The number of nitrogens with one attached hydrogen (secondary N) is 3. The molecule has 1 aliphatic heterocycles. The molecule has 3 rings (SSSR count). The van der Waals surface area contributed by atoms with Gasteiger partial charge >= 0.3 is 0 Å². The van der Waals surface area contributed by atoms with Gasteiger partial charge in [-0.2, -0.15) is 0 Å². The first-order chi connectivity index (χ1) is 14.0. The fraction of sp³-hybridized carbons (Fsp3) is 0.273. The summed E-state index contributed by atoms with van der Waals surface area (Å²) in [4.78, 5) is 13.3. The summed E-state index contributed by atoms with van der Waals surface area (Å²) < 4.78 is 10.6. The zero-order valence-electron chi connectivity index (χ0n) is 17.0. The van der Waals surface area contributed by atoms with E-state index in [1.165, 1.54) is 5.56 Å². The van der Waals surface area contributed by atoms with Crippen molar-refractivity contribution in [3.63, 3.8) is 0 Å². The average Bonchev–Trinajstić information content (AvgIpc) is 2.73. The van der Waals surface area contributed by atoms with E-state index in [0.717, 1.165) is 12.0 Å². The van der Waals surface area contributed by atoms with Crippen LogP contribution in [0, 0.1) is 0 Å². The van der Waals surface area contributed by atoms with Gasteiger partial charge in [-0.1, -0.05) is 31.2 Å². The lowest BCUT2D eigenvalue weighted by atomic mass is 9.94. The highest BCUT2D eigenvalue weighted by Crippen LogP contribution is 2.32. The summed E-state index contributed by atoms with van der Waals surface area (Å²) in [5.41, 5.74) is 4.00. The Morgan fingerprint density at radius 3 is 2.48 bits per heavy atom. The summed E-state index contributed by atoms with van der Waals surface area (Å²) >= 11 is 5.33. The number of ether oxygens (including phenoxy) is 2. The number of anilines is 1. The Morgan fingerprint density at radius 1 is 1.14 bits per heavy atom. The molecular weight excluding hydrogens is 386 g/mol. The number of benzene rings is 2. The molecule has 152 valence electrons. The van der Waals surface area contributed by atoms with Crippen LogP contribution in [-0.4, -0.2) is 25.2 Å². The first-order valence-electron chi connectivity index (χ1n) is 9.37. The molecule has 0 spiro atoms. The average molecular weight is 412 g/mol. The maximum atomic E-state index is 13.3. The first kappa shape index (κ1) is 20.7. The number of thiocarbonyl (C=S) groups is 1.